The predicted octanol–water partition coefficient (Wildman–Crippen LogP) is 1.83. The number of halogens is 2. The Kier molecular flexibility index (Phi) is 5.18. The number of thioether (sulfide) groups is 1. The number of amides is 1. The molecule has 1 aromatic carbocycles. The number of benzene rings is 1. The van der Waals surface area contributed by atoms with Crippen LogP contribution in [0.4, 0.5) is 8.78 Å². The Morgan fingerprint density at radius 3 is 2.65 bits per heavy atom. The summed E-state index contributed by atoms with van der Waals surface area (Å²) in [7, 11) is 0. The van der Waals surface area contributed by atoms with Crippen molar-refractivity contribution >= 4 is 17.7 Å². The lowest BCUT2D eigenvalue weighted by Gasteiger charge is -2.39. The number of carbonyl (C=O) groups excluding carboxylic acids is 1. The molecule has 23 heavy (non-hydrogen) atoms. The van der Waals surface area contributed by atoms with Crippen molar-refractivity contribution in [1.82, 2.24) is 15.1 Å². The van der Waals surface area contributed by atoms with E-state index in [1.165, 1.54) is 12.1 Å². The molecule has 1 aromatic rings. The van der Waals surface area contributed by atoms with Crippen LogP contribution in [0.3, 0.4) is 0 Å². The molecule has 2 aliphatic heterocycles. The van der Waals surface area contributed by atoms with E-state index in [0.29, 0.717) is 31.7 Å². The van der Waals surface area contributed by atoms with E-state index in [2.05, 4.69) is 10.2 Å². The lowest BCUT2D eigenvalue weighted by Crippen LogP contribution is -2.53. The summed E-state index contributed by atoms with van der Waals surface area (Å²) in [6, 6.07) is 3.52. The maximum atomic E-state index is 13.9. The molecule has 2 saturated heterocycles. The number of carbonyl (C=O) groups is 1. The largest absolute Gasteiger partial charge is 0.339 e. The van der Waals surface area contributed by atoms with Gasteiger partial charge in [-0.05, 0) is 13.0 Å². The number of piperazine rings is 1. The molecular weight excluding hydrogens is 320 g/mol. The molecule has 1 amide bonds. The number of hydrogen-bond acceptors (Lipinski definition) is 4. The van der Waals surface area contributed by atoms with Gasteiger partial charge in [-0.15, -0.1) is 11.8 Å². The maximum Gasteiger partial charge on any atom is 0.240 e. The van der Waals surface area contributed by atoms with E-state index in [-0.39, 0.29) is 18.0 Å². The molecule has 0 spiro atoms. The van der Waals surface area contributed by atoms with Crippen LogP contribution < -0.4 is 5.32 Å². The Labute approximate surface area is 139 Å². The van der Waals surface area contributed by atoms with Gasteiger partial charge in [-0.3, -0.25) is 15.0 Å². The van der Waals surface area contributed by atoms with Crippen LogP contribution in [0.15, 0.2) is 18.2 Å². The van der Waals surface area contributed by atoms with E-state index in [9.17, 15) is 13.6 Å². The minimum Gasteiger partial charge on any atom is -0.339 e. The van der Waals surface area contributed by atoms with E-state index >= 15 is 0 Å². The summed E-state index contributed by atoms with van der Waals surface area (Å²) >= 11 is 1.74. The van der Waals surface area contributed by atoms with E-state index < -0.39 is 11.6 Å². The first-order chi connectivity index (χ1) is 11.1. The SMILES string of the molecule is C[C@H](c1ccc(F)cc1F)N1CCN(C(=O)[C@H]2CSCN2)CC1. The normalized spacial score (nSPS) is 24.0. The Morgan fingerprint density at radius 1 is 1.30 bits per heavy atom. The smallest absolute Gasteiger partial charge is 0.240 e. The third-order valence-corrected chi connectivity index (χ3v) is 5.54. The van der Waals surface area contributed by atoms with Gasteiger partial charge in [0.25, 0.3) is 0 Å². The van der Waals surface area contributed by atoms with Crippen molar-refractivity contribution in [2.24, 2.45) is 0 Å². The first-order valence-corrected chi connectivity index (χ1v) is 9.00. The molecule has 0 saturated carbocycles. The van der Waals surface area contributed by atoms with Gasteiger partial charge in [0.15, 0.2) is 0 Å². The van der Waals surface area contributed by atoms with Crippen molar-refractivity contribution in [3.05, 3.63) is 35.4 Å². The Hall–Kier alpha value is -1.18. The summed E-state index contributed by atoms with van der Waals surface area (Å²) in [6.45, 7) is 4.61. The standard InChI is InChI=1S/C16H21F2N3OS/c1-11(13-3-2-12(17)8-14(13)18)20-4-6-21(7-5-20)16(22)15-9-23-10-19-15/h2-3,8,11,15,19H,4-7,9-10H2,1H3/t11-,15-/m1/s1. The third-order valence-electron chi connectivity index (χ3n) is 4.60. The fourth-order valence-electron chi connectivity index (χ4n) is 3.14. The zero-order chi connectivity index (χ0) is 16.4. The summed E-state index contributed by atoms with van der Waals surface area (Å²) < 4.78 is 27.0. The second-order valence-corrected chi connectivity index (χ2v) is 7.01. The summed E-state index contributed by atoms with van der Waals surface area (Å²) in [6.07, 6.45) is 0. The molecule has 0 bridgehead atoms. The molecule has 2 atom stereocenters. The van der Waals surface area contributed by atoms with E-state index in [0.717, 1.165) is 17.7 Å². The molecule has 126 valence electrons. The summed E-state index contributed by atoms with van der Waals surface area (Å²) in [5, 5.41) is 3.20. The van der Waals surface area contributed by atoms with E-state index in [4.69, 9.17) is 0 Å². The van der Waals surface area contributed by atoms with Crippen molar-refractivity contribution in [3.8, 4) is 0 Å². The van der Waals surface area contributed by atoms with Gasteiger partial charge in [0, 0.05) is 55.5 Å². The fraction of sp³-hybridized carbons (Fsp3) is 0.562. The summed E-state index contributed by atoms with van der Waals surface area (Å²) in [5.41, 5.74) is 0.500. The molecule has 0 unspecified atom stereocenters. The Morgan fingerprint density at radius 2 is 2.04 bits per heavy atom. The van der Waals surface area contributed by atoms with Crippen LogP contribution in [0.2, 0.25) is 0 Å². The van der Waals surface area contributed by atoms with Gasteiger partial charge in [-0.2, -0.15) is 0 Å². The van der Waals surface area contributed by atoms with Gasteiger partial charge < -0.3 is 4.90 Å². The van der Waals surface area contributed by atoms with Crippen molar-refractivity contribution < 1.29 is 13.6 Å². The number of nitrogens with one attached hydrogen (secondary N) is 1. The quantitative estimate of drug-likeness (QED) is 0.910. The summed E-state index contributed by atoms with van der Waals surface area (Å²) in [4.78, 5) is 16.4. The molecule has 1 N–H and O–H groups in total. The lowest BCUT2D eigenvalue weighted by molar-refractivity contribution is -0.134. The second-order valence-electron chi connectivity index (χ2n) is 5.97. The van der Waals surface area contributed by atoms with Crippen LogP contribution >= 0.6 is 11.8 Å². The van der Waals surface area contributed by atoms with Gasteiger partial charge >= 0.3 is 0 Å². The highest BCUT2D eigenvalue weighted by molar-refractivity contribution is 7.99. The molecular formula is C16H21F2N3OS. The van der Waals surface area contributed by atoms with Crippen LogP contribution in [0.25, 0.3) is 0 Å². The highest BCUT2D eigenvalue weighted by Gasteiger charge is 2.31. The first-order valence-electron chi connectivity index (χ1n) is 7.85. The van der Waals surface area contributed by atoms with Crippen LogP contribution in [-0.4, -0.2) is 59.6 Å². The molecule has 0 radical (unpaired) electrons. The fourth-order valence-corrected chi connectivity index (χ4v) is 4.07. The molecule has 2 aliphatic rings. The molecule has 0 aromatic heterocycles. The monoisotopic (exact) mass is 341 g/mol. The molecule has 4 nitrogen and oxygen atoms in total. The maximum absolute atomic E-state index is 13.9. The zero-order valence-electron chi connectivity index (χ0n) is 13.1. The minimum atomic E-state index is -0.559. The minimum absolute atomic E-state index is 0.0708. The van der Waals surface area contributed by atoms with E-state index in [1.54, 1.807) is 11.8 Å². The number of hydrogen-bond donors (Lipinski definition) is 1. The van der Waals surface area contributed by atoms with Crippen LogP contribution in [0.5, 0.6) is 0 Å². The highest BCUT2D eigenvalue weighted by atomic mass is 32.2. The molecule has 7 heteroatoms. The predicted molar refractivity (Wildman–Crippen MR) is 87.2 cm³/mol. The second kappa shape index (κ2) is 7.15. The Balaban J connectivity index is 1.58. The van der Waals surface area contributed by atoms with Gasteiger partial charge in [0.05, 0.1) is 6.04 Å². The highest BCUT2D eigenvalue weighted by Crippen LogP contribution is 2.25. The number of nitrogens with zero attached hydrogens (tertiary/aromatic N) is 2. The number of rotatable bonds is 3. The first kappa shape index (κ1) is 16.7. The third kappa shape index (κ3) is 3.67. The summed E-state index contributed by atoms with van der Waals surface area (Å²) in [5.74, 6) is 0.752. The molecule has 0 aliphatic carbocycles. The van der Waals surface area contributed by atoms with Gasteiger partial charge in [0.2, 0.25) is 5.91 Å². The molecule has 3 rings (SSSR count). The van der Waals surface area contributed by atoms with Crippen LogP contribution in [-0.2, 0) is 4.79 Å². The Bertz CT molecular complexity index is 572. The van der Waals surface area contributed by atoms with Crippen molar-refractivity contribution in [3.63, 3.8) is 0 Å². The lowest BCUT2D eigenvalue weighted by atomic mass is 10.0. The zero-order valence-corrected chi connectivity index (χ0v) is 13.9. The average molecular weight is 341 g/mol. The van der Waals surface area contributed by atoms with Crippen LogP contribution in [0, 0.1) is 11.6 Å². The molecule has 2 fully saturated rings. The van der Waals surface area contributed by atoms with Gasteiger partial charge in [-0.25, -0.2) is 8.78 Å². The van der Waals surface area contributed by atoms with Crippen LogP contribution in [0.1, 0.15) is 18.5 Å². The van der Waals surface area contributed by atoms with Crippen molar-refractivity contribution in [2.45, 2.75) is 19.0 Å². The van der Waals surface area contributed by atoms with Crippen molar-refractivity contribution in [2.75, 3.05) is 37.8 Å². The van der Waals surface area contributed by atoms with Crippen molar-refractivity contribution in [1.29, 1.82) is 0 Å². The molecule has 2 heterocycles. The van der Waals surface area contributed by atoms with Gasteiger partial charge in [0.1, 0.15) is 11.6 Å². The van der Waals surface area contributed by atoms with E-state index in [1.807, 2.05) is 11.8 Å². The van der Waals surface area contributed by atoms with Gasteiger partial charge in [-0.1, -0.05) is 6.07 Å². The average Bonchev–Trinajstić information content (AvgIpc) is 3.08. The topological polar surface area (TPSA) is 35.6 Å².